The molecule has 0 N–H and O–H groups in total. The van der Waals surface area contributed by atoms with Crippen molar-refractivity contribution in [2.75, 3.05) is 34.9 Å². The first-order valence-corrected chi connectivity index (χ1v) is 5.40. The topological polar surface area (TPSA) is 34.6 Å². The van der Waals surface area contributed by atoms with Crippen molar-refractivity contribution >= 4 is 0 Å². The van der Waals surface area contributed by atoms with Gasteiger partial charge in [-0.1, -0.05) is 0 Å². The third-order valence-corrected chi connectivity index (χ3v) is 2.33. The van der Waals surface area contributed by atoms with E-state index >= 15 is 0 Å². The molecule has 0 fully saturated rings. The molecule has 0 aromatic carbocycles. The molecule has 0 spiro atoms. The highest BCUT2D eigenvalue weighted by Crippen LogP contribution is 2.24. The van der Waals surface area contributed by atoms with Crippen LogP contribution in [0.4, 0.5) is 0 Å². The predicted molar refractivity (Wildman–Crippen MR) is 64.2 cm³/mol. The van der Waals surface area contributed by atoms with Crippen molar-refractivity contribution in [1.82, 2.24) is 9.88 Å². The molecule has 0 amide bonds. The van der Waals surface area contributed by atoms with E-state index in [-0.39, 0.29) is 0 Å². The number of nitrogens with zero attached hydrogens (tertiary/aromatic N) is 2. The van der Waals surface area contributed by atoms with Crippen LogP contribution in [0, 0.1) is 0 Å². The average molecular weight is 224 g/mol. The van der Waals surface area contributed by atoms with Crippen molar-refractivity contribution in [3.63, 3.8) is 0 Å². The lowest BCUT2D eigenvalue weighted by atomic mass is 10.2. The molecule has 0 aliphatic heterocycles. The van der Waals surface area contributed by atoms with Gasteiger partial charge in [-0.15, -0.1) is 0 Å². The van der Waals surface area contributed by atoms with Crippen LogP contribution in [0.3, 0.4) is 0 Å². The maximum absolute atomic E-state index is 5.16. The second kappa shape index (κ2) is 6.33. The first-order valence-electron chi connectivity index (χ1n) is 5.40. The predicted octanol–water partition coefficient (Wildman–Crippen LogP) is 1.59. The lowest BCUT2D eigenvalue weighted by Crippen LogP contribution is -2.13. The van der Waals surface area contributed by atoms with Gasteiger partial charge in [0.2, 0.25) is 0 Å². The van der Waals surface area contributed by atoms with Crippen LogP contribution >= 0.6 is 0 Å². The molecule has 4 nitrogen and oxygen atoms in total. The Labute approximate surface area is 97.2 Å². The molecule has 0 bridgehead atoms. The maximum Gasteiger partial charge on any atom is 0.256 e. The molecule has 0 unspecified atom stereocenters. The van der Waals surface area contributed by atoms with Gasteiger partial charge >= 0.3 is 0 Å². The SMILES string of the molecule is COc1ccc(CCCN(C)C)nc1OC. The summed E-state index contributed by atoms with van der Waals surface area (Å²) >= 11 is 0. The zero-order valence-corrected chi connectivity index (χ0v) is 10.5. The number of pyridine rings is 1. The van der Waals surface area contributed by atoms with E-state index in [1.807, 2.05) is 12.1 Å². The number of aromatic nitrogens is 1. The van der Waals surface area contributed by atoms with Gasteiger partial charge < -0.3 is 14.4 Å². The fourth-order valence-electron chi connectivity index (χ4n) is 1.48. The zero-order valence-electron chi connectivity index (χ0n) is 10.5. The molecule has 0 saturated carbocycles. The summed E-state index contributed by atoms with van der Waals surface area (Å²) in [7, 11) is 7.36. The molecule has 0 aliphatic carbocycles. The summed E-state index contributed by atoms with van der Waals surface area (Å²) in [6.07, 6.45) is 2.05. The molecule has 1 aromatic heterocycles. The Bertz CT molecular complexity index is 327. The van der Waals surface area contributed by atoms with Crippen LogP contribution in [0.2, 0.25) is 0 Å². The van der Waals surface area contributed by atoms with Crippen LogP contribution < -0.4 is 9.47 Å². The summed E-state index contributed by atoms with van der Waals surface area (Å²) in [5.74, 6) is 1.24. The van der Waals surface area contributed by atoms with Crippen molar-refractivity contribution in [3.8, 4) is 11.6 Å². The first-order chi connectivity index (χ1) is 7.67. The highest BCUT2D eigenvalue weighted by atomic mass is 16.5. The Morgan fingerprint density at radius 1 is 1.19 bits per heavy atom. The fraction of sp³-hybridized carbons (Fsp3) is 0.583. The smallest absolute Gasteiger partial charge is 0.256 e. The molecule has 16 heavy (non-hydrogen) atoms. The van der Waals surface area contributed by atoms with Gasteiger partial charge in [0.15, 0.2) is 5.75 Å². The third kappa shape index (κ3) is 3.70. The Morgan fingerprint density at radius 3 is 2.50 bits per heavy atom. The standard InChI is InChI=1S/C12H20N2O2/c1-14(2)9-5-6-10-7-8-11(15-3)12(13-10)16-4/h7-8H,5-6,9H2,1-4H3. The van der Waals surface area contributed by atoms with Gasteiger partial charge in [0, 0.05) is 5.69 Å². The molecule has 0 saturated heterocycles. The Balaban J connectivity index is 2.60. The van der Waals surface area contributed by atoms with Gasteiger partial charge in [0.05, 0.1) is 14.2 Å². The highest BCUT2D eigenvalue weighted by Gasteiger charge is 2.06. The largest absolute Gasteiger partial charge is 0.491 e. The molecule has 1 heterocycles. The number of rotatable bonds is 6. The minimum Gasteiger partial charge on any atom is -0.491 e. The lowest BCUT2D eigenvalue weighted by Gasteiger charge is -2.10. The number of ether oxygens (including phenoxy) is 2. The van der Waals surface area contributed by atoms with Crippen molar-refractivity contribution in [3.05, 3.63) is 17.8 Å². The zero-order chi connectivity index (χ0) is 12.0. The van der Waals surface area contributed by atoms with Crippen LogP contribution in [0.15, 0.2) is 12.1 Å². The molecule has 0 aliphatic rings. The summed E-state index contributed by atoms with van der Waals surface area (Å²) in [5.41, 5.74) is 1.04. The second-order valence-corrected chi connectivity index (χ2v) is 3.92. The number of methoxy groups -OCH3 is 2. The Kier molecular flexibility index (Phi) is 5.05. The summed E-state index contributed by atoms with van der Waals surface area (Å²) in [4.78, 5) is 6.56. The lowest BCUT2D eigenvalue weighted by molar-refractivity contribution is 0.341. The summed E-state index contributed by atoms with van der Waals surface area (Å²) in [6.45, 7) is 1.07. The quantitative estimate of drug-likeness (QED) is 0.735. The molecule has 4 heteroatoms. The minimum absolute atomic E-state index is 0.560. The molecular weight excluding hydrogens is 204 g/mol. The molecule has 90 valence electrons. The molecule has 1 aromatic rings. The van der Waals surface area contributed by atoms with Crippen molar-refractivity contribution in [2.45, 2.75) is 12.8 Å². The van der Waals surface area contributed by atoms with E-state index in [0.717, 1.165) is 25.1 Å². The van der Waals surface area contributed by atoms with E-state index in [1.54, 1.807) is 14.2 Å². The van der Waals surface area contributed by atoms with E-state index in [2.05, 4.69) is 24.0 Å². The van der Waals surface area contributed by atoms with Crippen molar-refractivity contribution in [1.29, 1.82) is 0 Å². The van der Waals surface area contributed by atoms with Crippen LogP contribution in [0.25, 0.3) is 0 Å². The van der Waals surface area contributed by atoms with Crippen LogP contribution in [0.1, 0.15) is 12.1 Å². The molecule has 0 radical (unpaired) electrons. The number of hydrogen-bond acceptors (Lipinski definition) is 4. The van der Waals surface area contributed by atoms with Gasteiger partial charge in [-0.3, -0.25) is 0 Å². The van der Waals surface area contributed by atoms with E-state index in [4.69, 9.17) is 9.47 Å². The number of aryl methyl sites for hydroxylation is 1. The fourth-order valence-corrected chi connectivity index (χ4v) is 1.48. The summed E-state index contributed by atoms with van der Waals surface area (Å²) in [6, 6.07) is 3.88. The molecule has 0 atom stereocenters. The van der Waals surface area contributed by atoms with Gasteiger partial charge in [-0.25, -0.2) is 4.98 Å². The normalized spacial score (nSPS) is 10.6. The molecule has 1 rings (SSSR count). The third-order valence-electron chi connectivity index (χ3n) is 2.33. The first kappa shape index (κ1) is 12.8. The van der Waals surface area contributed by atoms with Gasteiger partial charge in [-0.05, 0) is 45.6 Å². The van der Waals surface area contributed by atoms with E-state index < -0.39 is 0 Å². The van der Waals surface area contributed by atoms with E-state index in [9.17, 15) is 0 Å². The second-order valence-electron chi connectivity index (χ2n) is 3.92. The van der Waals surface area contributed by atoms with Crippen LogP contribution in [-0.4, -0.2) is 44.7 Å². The van der Waals surface area contributed by atoms with Crippen LogP contribution in [0.5, 0.6) is 11.6 Å². The molecular formula is C12H20N2O2. The minimum atomic E-state index is 0.560. The Hall–Kier alpha value is -1.29. The van der Waals surface area contributed by atoms with E-state index in [0.29, 0.717) is 11.6 Å². The Morgan fingerprint density at radius 2 is 1.94 bits per heavy atom. The van der Waals surface area contributed by atoms with E-state index in [1.165, 1.54) is 0 Å². The van der Waals surface area contributed by atoms with Gasteiger partial charge in [-0.2, -0.15) is 0 Å². The maximum atomic E-state index is 5.16. The van der Waals surface area contributed by atoms with Gasteiger partial charge in [0.25, 0.3) is 5.88 Å². The monoisotopic (exact) mass is 224 g/mol. The highest BCUT2D eigenvalue weighted by molar-refractivity contribution is 5.34. The van der Waals surface area contributed by atoms with Gasteiger partial charge in [0.1, 0.15) is 0 Å². The summed E-state index contributed by atoms with van der Waals surface area (Å²) < 4.78 is 10.3. The number of hydrogen-bond donors (Lipinski definition) is 0. The van der Waals surface area contributed by atoms with Crippen LogP contribution in [-0.2, 0) is 6.42 Å². The van der Waals surface area contributed by atoms with Crippen molar-refractivity contribution < 1.29 is 9.47 Å². The van der Waals surface area contributed by atoms with Crippen molar-refractivity contribution in [2.24, 2.45) is 0 Å². The average Bonchev–Trinajstić information content (AvgIpc) is 2.28. The summed E-state index contributed by atoms with van der Waals surface area (Å²) in [5, 5.41) is 0.